The third kappa shape index (κ3) is 5.15. The molecule has 1 saturated carbocycles. The van der Waals surface area contributed by atoms with Crippen LogP contribution in [-0.4, -0.2) is 39.2 Å². The van der Waals surface area contributed by atoms with Gasteiger partial charge in [0.15, 0.2) is 6.61 Å². The van der Waals surface area contributed by atoms with Crippen LogP contribution in [-0.2, 0) is 23.1 Å². The lowest BCUT2D eigenvalue weighted by atomic mass is 9.93. The summed E-state index contributed by atoms with van der Waals surface area (Å²) in [5, 5.41) is 4.26. The summed E-state index contributed by atoms with van der Waals surface area (Å²) in [7, 11) is 1.63. The predicted octanol–water partition coefficient (Wildman–Crippen LogP) is 4.04. The topological polar surface area (TPSA) is 64.4 Å². The molecule has 0 bridgehead atoms. The number of amides is 1. The first kappa shape index (κ1) is 21.3. The molecule has 0 spiro atoms. The molecule has 0 saturated heterocycles. The molecule has 1 aromatic carbocycles. The molecule has 6 nitrogen and oxygen atoms in total. The fraction of sp³-hybridized carbons (Fsp3) is 0.476. The minimum absolute atomic E-state index is 0.0868. The second-order valence-corrected chi connectivity index (χ2v) is 7.75. The van der Waals surface area contributed by atoms with Crippen molar-refractivity contribution in [3.8, 4) is 0 Å². The Morgan fingerprint density at radius 3 is 2.48 bits per heavy atom. The van der Waals surface area contributed by atoms with Gasteiger partial charge < -0.3 is 9.64 Å². The summed E-state index contributed by atoms with van der Waals surface area (Å²) in [4.78, 5) is 27.1. The van der Waals surface area contributed by atoms with Crippen LogP contribution in [0.4, 0.5) is 4.39 Å². The lowest BCUT2D eigenvalue weighted by Gasteiger charge is -2.34. The smallest absolute Gasteiger partial charge is 0.343 e. The number of aromatic nitrogens is 2. The van der Waals surface area contributed by atoms with Crippen molar-refractivity contribution in [3.05, 3.63) is 52.1 Å². The minimum Gasteiger partial charge on any atom is -0.452 e. The monoisotopic (exact) mass is 421 g/mol. The van der Waals surface area contributed by atoms with Crippen LogP contribution in [0.15, 0.2) is 24.3 Å². The number of halogens is 2. The fourth-order valence-corrected chi connectivity index (χ4v) is 4.00. The van der Waals surface area contributed by atoms with Gasteiger partial charge in [-0.15, -0.1) is 0 Å². The summed E-state index contributed by atoms with van der Waals surface area (Å²) in [5.74, 6) is -1.26. The fourth-order valence-electron chi connectivity index (χ4n) is 3.74. The second kappa shape index (κ2) is 9.39. The van der Waals surface area contributed by atoms with Crippen LogP contribution in [0, 0.1) is 12.7 Å². The highest BCUT2D eigenvalue weighted by atomic mass is 35.5. The number of esters is 1. The molecule has 0 atom stereocenters. The first-order valence-electron chi connectivity index (χ1n) is 9.77. The zero-order chi connectivity index (χ0) is 21.0. The van der Waals surface area contributed by atoms with Gasteiger partial charge in [0, 0.05) is 19.6 Å². The first-order chi connectivity index (χ1) is 13.9. The molecule has 1 aliphatic carbocycles. The largest absolute Gasteiger partial charge is 0.452 e. The summed E-state index contributed by atoms with van der Waals surface area (Å²) in [6, 6.07) is 6.19. The Hall–Kier alpha value is -2.41. The molecule has 1 amide bonds. The Morgan fingerprint density at radius 1 is 1.24 bits per heavy atom. The maximum atomic E-state index is 13.2. The molecule has 0 radical (unpaired) electrons. The van der Waals surface area contributed by atoms with E-state index < -0.39 is 5.97 Å². The van der Waals surface area contributed by atoms with E-state index in [-0.39, 0.29) is 35.1 Å². The van der Waals surface area contributed by atoms with Crippen LogP contribution in [0.2, 0.25) is 5.15 Å². The number of nitrogens with zero attached hydrogens (tertiary/aromatic N) is 3. The van der Waals surface area contributed by atoms with E-state index in [0.717, 1.165) is 37.7 Å². The normalized spacial score (nSPS) is 14.6. The molecule has 156 valence electrons. The molecule has 2 aromatic rings. The van der Waals surface area contributed by atoms with Crippen LogP contribution in [0.5, 0.6) is 0 Å². The van der Waals surface area contributed by atoms with Gasteiger partial charge in [0.25, 0.3) is 5.91 Å². The van der Waals surface area contributed by atoms with E-state index in [4.69, 9.17) is 16.3 Å². The lowest BCUT2D eigenvalue weighted by Crippen LogP contribution is -2.43. The van der Waals surface area contributed by atoms with Crippen LogP contribution in [0.25, 0.3) is 0 Å². The average Bonchev–Trinajstić information content (AvgIpc) is 2.97. The van der Waals surface area contributed by atoms with Crippen molar-refractivity contribution in [3.63, 3.8) is 0 Å². The molecule has 1 aromatic heterocycles. The minimum atomic E-state index is -0.667. The number of carbonyl (C=O) groups is 2. The molecule has 1 fully saturated rings. The van der Waals surface area contributed by atoms with Crippen molar-refractivity contribution >= 4 is 23.5 Å². The van der Waals surface area contributed by atoms with Crippen LogP contribution >= 0.6 is 11.6 Å². The predicted molar refractivity (Wildman–Crippen MR) is 107 cm³/mol. The molecule has 0 unspecified atom stereocenters. The van der Waals surface area contributed by atoms with Gasteiger partial charge >= 0.3 is 5.97 Å². The third-order valence-corrected chi connectivity index (χ3v) is 5.72. The maximum absolute atomic E-state index is 13.2. The average molecular weight is 422 g/mol. The Labute approximate surface area is 174 Å². The summed E-state index contributed by atoms with van der Waals surface area (Å²) in [5.41, 5.74) is 1.46. The van der Waals surface area contributed by atoms with Crippen molar-refractivity contribution in [1.29, 1.82) is 0 Å². The van der Waals surface area contributed by atoms with Crippen molar-refractivity contribution in [2.45, 2.75) is 51.6 Å². The molecule has 1 aliphatic rings. The zero-order valence-corrected chi connectivity index (χ0v) is 17.4. The first-order valence-corrected chi connectivity index (χ1v) is 10.1. The van der Waals surface area contributed by atoms with Crippen molar-refractivity contribution in [2.24, 2.45) is 7.05 Å². The van der Waals surface area contributed by atoms with Gasteiger partial charge in [-0.25, -0.2) is 9.18 Å². The van der Waals surface area contributed by atoms with Gasteiger partial charge in [-0.1, -0.05) is 43.0 Å². The second-order valence-electron chi connectivity index (χ2n) is 7.39. The Morgan fingerprint density at radius 2 is 1.90 bits per heavy atom. The van der Waals surface area contributed by atoms with E-state index >= 15 is 0 Å². The van der Waals surface area contributed by atoms with E-state index in [1.807, 2.05) is 0 Å². The van der Waals surface area contributed by atoms with Gasteiger partial charge in [0.2, 0.25) is 0 Å². The Bertz CT molecular complexity index is 876. The molecule has 0 N–H and O–H groups in total. The number of hydrogen-bond donors (Lipinski definition) is 0. The third-order valence-electron chi connectivity index (χ3n) is 5.29. The highest BCUT2D eigenvalue weighted by Crippen LogP contribution is 2.25. The number of benzene rings is 1. The van der Waals surface area contributed by atoms with E-state index in [2.05, 4.69) is 5.10 Å². The van der Waals surface area contributed by atoms with Crippen LogP contribution < -0.4 is 0 Å². The van der Waals surface area contributed by atoms with Gasteiger partial charge in [-0.05, 0) is 37.5 Å². The van der Waals surface area contributed by atoms with Crippen LogP contribution in [0.1, 0.15) is 53.7 Å². The number of ether oxygens (including phenoxy) is 1. The van der Waals surface area contributed by atoms with Crippen LogP contribution in [0.3, 0.4) is 0 Å². The van der Waals surface area contributed by atoms with Gasteiger partial charge in [0.05, 0.1) is 5.69 Å². The Balaban J connectivity index is 1.70. The molecule has 0 aliphatic heterocycles. The number of carbonyl (C=O) groups excluding carboxylic acids is 2. The SMILES string of the molecule is Cc1nn(C)c(Cl)c1C(=O)OCC(=O)N(Cc1ccc(F)cc1)C1CCCCC1. The van der Waals surface area contributed by atoms with Crippen molar-refractivity contribution in [1.82, 2.24) is 14.7 Å². The van der Waals surface area contributed by atoms with Crippen molar-refractivity contribution in [2.75, 3.05) is 6.61 Å². The molecule has 8 heteroatoms. The molecule has 3 rings (SSSR count). The van der Waals surface area contributed by atoms with E-state index in [1.54, 1.807) is 31.0 Å². The van der Waals surface area contributed by atoms with Gasteiger partial charge in [-0.2, -0.15) is 5.10 Å². The van der Waals surface area contributed by atoms with Gasteiger partial charge in [-0.3, -0.25) is 9.48 Å². The molecular weight excluding hydrogens is 397 g/mol. The highest BCUT2D eigenvalue weighted by molar-refractivity contribution is 6.32. The standard InChI is InChI=1S/C21H25ClFN3O3/c1-14-19(20(22)25(2)24-14)21(28)29-13-18(27)26(17-6-4-3-5-7-17)12-15-8-10-16(23)11-9-15/h8-11,17H,3-7,12-13H2,1-2H3. The number of hydrogen-bond acceptors (Lipinski definition) is 4. The number of aryl methyl sites for hydroxylation is 2. The summed E-state index contributed by atoms with van der Waals surface area (Å²) in [6.07, 6.45) is 5.09. The summed E-state index contributed by atoms with van der Waals surface area (Å²) < 4.78 is 19.9. The zero-order valence-electron chi connectivity index (χ0n) is 16.7. The van der Waals surface area contributed by atoms with E-state index in [0.29, 0.717) is 12.2 Å². The Kier molecular flexibility index (Phi) is 6.90. The lowest BCUT2D eigenvalue weighted by molar-refractivity contribution is -0.138. The van der Waals surface area contributed by atoms with E-state index in [1.165, 1.54) is 16.8 Å². The molecule has 1 heterocycles. The molecule has 29 heavy (non-hydrogen) atoms. The van der Waals surface area contributed by atoms with Crippen molar-refractivity contribution < 1.29 is 18.7 Å². The maximum Gasteiger partial charge on any atom is 0.343 e. The quantitative estimate of drug-likeness (QED) is 0.660. The highest BCUT2D eigenvalue weighted by Gasteiger charge is 2.27. The van der Waals surface area contributed by atoms with E-state index in [9.17, 15) is 14.0 Å². The van der Waals surface area contributed by atoms with Gasteiger partial charge in [0.1, 0.15) is 16.5 Å². The summed E-state index contributed by atoms with van der Waals surface area (Å²) >= 11 is 6.10. The molecular formula is C21H25ClFN3O3. The summed E-state index contributed by atoms with van der Waals surface area (Å²) in [6.45, 7) is 1.64. The number of rotatable bonds is 6.